The molecule has 0 aliphatic carbocycles. The molecular weight excluding hydrogens is 365 g/mol. The van der Waals surface area contributed by atoms with Crippen LogP contribution in [0.15, 0.2) is 46.6 Å². The second-order valence-electron chi connectivity index (χ2n) is 6.53. The summed E-state index contributed by atoms with van der Waals surface area (Å²) in [6.45, 7) is 0.800. The maximum absolute atomic E-state index is 13.8. The molecule has 1 aliphatic heterocycles. The van der Waals surface area contributed by atoms with Gasteiger partial charge in [-0.05, 0) is 23.1 Å². The van der Waals surface area contributed by atoms with Crippen molar-refractivity contribution in [3.63, 3.8) is 0 Å². The Balaban J connectivity index is 1.52. The SMILES string of the molecule is O=C(Cc1cccs1)N1CCc2nc(Cc3ccccc3F)[nH]c(=O)c2C1. The van der Waals surface area contributed by atoms with E-state index in [1.54, 1.807) is 34.4 Å². The van der Waals surface area contributed by atoms with Crippen molar-refractivity contribution >= 4 is 17.2 Å². The maximum atomic E-state index is 13.8. The zero-order valence-electron chi connectivity index (χ0n) is 14.6. The first-order valence-electron chi connectivity index (χ1n) is 8.74. The van der Waals surface area contributed by atoms with Crippen molar-refractivity contribution in [3.05, 3.63) is 85.5 Å². The molecule has 0 unspecified atom stereocenters. The van der Waals surface area contributed by atoms with Crippen LogP contribution in [0, 0.1) is 5.82 Å². The highest BCUT2D eigenvalue weighted by Crippen LogP contribution is 2.18. The summed E-state index contributed by atoms with van der Waals surface area (Å²) in [4.78, 5) is 35.0. The Morgan fingerprint density at radius 3 is 2.89 bits per heavy atom. The smallest absolute Gasteiger partial charge is 0.256 e. The summed E-state index contributed by atoms with van der Waals surface area (Å²) in [6, 6.07) is 10.3. The third-order valence-corrected chi connectivity index (χ3v) is 5.57. The number of amides is 1. The molecule has 4 rings (SSSR count). The molecule has 0 bridgehead atoms. The predicted octanol–water partition coefficient (Wildman–Crippen LogP) is 2.69. The van der Waals surface area contributed by atoms with E-state index >= 15 is 0 Å². The second kappa shape index (κ2) is 7.44. The predicted molar refractivity (Wildman–Crippen MR) is 101 cm³/mol. The monoisotopic (exact) mass is 383 g/mol. The molecule has 138 valence electrons. The fourth-order valence-corrected chi connectivity index (χ4v) is 3.97. The highest BCUT2D eigenvalue weighted by molar-refractivity contribution is 7.10. The maximum Gasteiger partial charge on any atom is 0.256 e. The lowest BCUT2D eigenvalue weighted by molar-refractivity contribution is -0.131. The molecule has 27 heavy (non-hydrogen) atoms. The molecule has 0 radical (unpaired) electrons. The first-order valence-corrected chi connectivity index (χ1v) is 9.62. The standard InChI is InChI=1S/C20H18FN3O2S/c21-16-6-2-1-4-13(16)10-18-22-17-7-8-24(12-15(17)20(26)23-18)19(25)11-14-5-3-9-27-14/h1-6,9H,7-8,10-12H2,(H,22,23,26). The van der Waals surface area contributed by atoms with Gasteiger partial charge in [0.05, 0.1) is 24.2 Å². The molecule has 0 saturated heterocycles. The van der Waals surface area contributed by atoms with Crippen molar-refractivity contribution in [2.45, 2.75) is 25.8 Å². The van der Waals surface area contributed by atoms with Crippen molar-refractivity contribution in [1.82, 2.24) is 14.9 Å². The number of nitrogens with one attached hydrogen (secondary N) is 1. The molecule has 0 fully saturated rings. The summed E-state index contributed by atoms with van der Waals surface area (Å²) in [5.41, 5.74) is 1.47. The van der Waals surface area contributed by atoms with E-state index in [0.29, 0.717) is 42.0 Å². The summed E-state index contributed by atoms with van der Waals surface area (Å²) in [7, 11) is 0. The minimum atomic E-state index is -0.316. The summed E-state index contributed by atoms with van der Waals surface area (Å²) >= 11 is 1.55. The number of aromatic amines is 1. The molecule has 1 aromatic carbocycles. The molecule has 1 amide bonds. The lowest BCUT2D eigenvalue weighted by atomic mass is 10.1. The van der Waals surface area contributed by atoms with Crippen LogP contribution in [0.1, 0.15) is 27.5 Å². The van der Waals surface area contributed by atoms with Gasteiger partial charge in [0.15, 0.2) is 0 Å². The quantitative estimate of drug-likeness (QED) is 0.753. The number of halogens is 1. The van der Waals surface area contributed by atoms with Gasteiger partial charge < -0.3 is 9.88 Å². The van der Waals surface area contributed by atoms with Crippen LogP contribution in [0.4, 0.5) is 4.39 Å². The first kappa shape index (κ1) is 17.6. The summed E-state index contributed by atoms with van der Waals surface area (Å²) in [6.07, 6.45) is 1.11. The van der Waals surface area contributed by atoms with Crippen molar-refractivity contribution in [2.24, 2.45) is 0 Å². The highest BCUT2D eigenvalue weighted by atomic mass is 32.1. The molecular formula is C20H18FN3O2S. The number of carbonyl (C=O) groups excluding carboxylic acids is 1. The van der Waals surface area contributed by atoms with Crippen molar-refractivity contribution in [2.75, 3.05) is 6.54 Å². The number of aromatic nitrogens is 2. The van der Waals surface area contributed by atoms with E-state index in [1.165, 1.54) is 6.07 Å². The minimum absolute atomic E-state index is 0.0120. The lowest BCUT2D eigenvalue weighted by Crippen LogP contribution is -2.40. The molecule has 5 nitrogen and oxygen atoms in total. The Bertz CT molecular complexity index is 1030. The van der Waals surface area contributed by atoms with E-state index in [2.05, 4.69) is 9.97 Å². The van der Waals surface area contributed by atoms with Crippen LogP contribution in [0.25, 0.3) is 0 Å². The van der Waals surface area contributed by atoms with Gasteiger partial charge >= 0.3 is 0 Å². The number of thiophene rings is 1. The van der Waals surface area contributed by atoms with Crippen LogP contribution in [0.2, 0.25) is 0 Å². The number of fused-ring (bicyclic) bond motifs is 1. The Morgan fingerprint density at radius 1 is 1.26 bits per heavy atom. The van der Waals surface area contributed by atoms with E-state index in [-0.39, 0.29) is 30.2 Å². The average Bonchev–Trinajstić information content (AvgIpc) is 3.16. The normalized spacial score (nSPS) is 13.4. The Hall–Kier alpha value is -2.80. The van der Waals surface area contributed by atoms with Gasteiger partial charge in [0.2, 0.25) is 5.91 Å². The fourth-order valence-electron chi connectivity index (χ4n) is 3.27. The van der Waals surface area contributed by atoms with Gasteiger partial charge in [-0.2, -0.15) is 0 Å². The zero-order valence-corrected chi connectivity index (χ0v) is 15.4. The summed E-state index contributed by atoms with van der Waals surface area (Å²) in [5.74, 6) is 0.142. The number of rotatable bonds is 4. The van der Waals surface area contributed by atoms with Crippen LogP contribution >= 0.6 is 11.3 Å². The van der Waals surface area contributed by atoms with E-state index in [9.17, 15) is 14.0 Å². The molecule has 1 aliphatic rings. The minimum Gasteiger partial charge on any atom is -0.337 e. The van der Waals surface area contributed by atoms with Crippen LogP contribution < -0.4 is 5.56 Å². The number of benzene rings is 1. The van der Waals surface area contributed by atoms with E-state index in [4.69, 9.17) is 0 Å². The third kappa shape index (κ3) is 3.83. The zero-order chi connectivity index (χ0) is 18.8. The number of H-pyrrole nitrogens is 1. The van der Waals surface area contributed by atoms with Crippen LogP contribution in [0.5, 0.6) is 0 Å². The number of hydrogen-bond acceptors (Lipinski definition) is 4. The summed E-state index contributed by atoms with van der Waals surface area (Å²) in [5, 5.41) is 1.94. The number of hydrogen-bond donors (Lipinski definition) is 1. The second-order valence-corrected chi connectivity index (χ2v) is 7.56. The van der Waals surface area contributed by atoms with Crippen LogP contribution in [-0.4, -0.2) is 27.3 Å². The molecule has 1 N–H and O–H groups in total. The lowest BCUT2D eigenvalue weighted by Gasteiger charge is -2.27. The van der Waals surface area contributed by atoms with E-state index in [0.717, 1.165) is 4.88 Å². The van der Waals surface area contributed by atoms with Gasteiger partial charge in [-0.1, -0.05) is 24.3 Å². The summed E-state index contributed by atoms with van der Waals surface area (Å²) < 4.78 is 13.8. The topological polar surface area (TPSA) is 66.1 Å². The van der Waals surface area contributed by atoms with Crippen molar-refractivity contribution in [1.29, 1.82) is 0 Å². The average molecular weight is 383 g/mol. The van der Waals surface area contributed by atoms with Gasteiger partial charge in [-0.3, -0.25) is 9.59 Å². The van der Waals surface area contributed by atoms with E-state index < -0.39 is 0 Å². The van der Waals surface area contributed by atoms with E-state index in [1.807, 2.05) is 17.5 Å². The molecule has 2 aromatic heterocycles. The molecule has 3 heterocycles. The molecule has 7 heteroatoms. The Morgan fingerprint density at radius 2 is 2.11 bits per heavy atom. The van der Waals surface area contributed by atoms with Crippen molar-refractivity contribution < 1.29 is 9.18 Å². The van der Waals surface area contributed by atoms with Gasteiger partial charge in [-0.15, -0.1) is 11.3 Å². The molecule has 0 saturated carbocycles. The molecule has 0 spiro atoms. The van der Waals surface area contributed by atoms with Crippen molar-refractivity contribution in [3.8, 4) is 0 Å². The van der Waals surface area contributed by atoms with Gasteiger partial charge in [0, 0.05) is 24.3 Å². The Labute approximate surface area is 159 Å². The fraction of sp³-hybridized carbons (Fsp3) is 0.250. The van der Waals surface area contributed by atoms with Crippen LogP contribution in [-0.2, 0) is 30.6 Å². The number of carbonyl (C=O) groups is 1. The van der Waals surface area contributed by atoms with Crippen LogP contribution in [0.3, 0.4) is 0 Å². The highest BCUT2D eigenvalue weighted by Gasteiger charge is 2.24. The third-order valence-electron chi connectivity index (χ3n) is 4.69. The number of nitrogens with zero attached hydrogens (tertiary/aromatic N) is 2. The Kier molecular flexibility index (Phi) is 4.85. The van der Waals surface area contributed by atoms with Gasteiger partial charge in [-0.25, -0.2) is 9.37 Å². The first-order chi connectivity index (χ1) is 13.1. The van der Waals surface area contributed by atoms with Gasteiger partial charge in [0.25, 0.3) is 5.56 Å². The molecule has 0 atom stereocenters. The van der Waals surface area contributed by atoms with Gasteiger partial charge in [0.1, 0.15) is 11.6 Å². The largest absolute Gasteiger partial charge is 0.337 e. The molecule has 3 aromatic rings.